The molecule has 0 unspecified atom stereocenters. The van der Waals surface area contributed by atoms with Crippen LogP contribution in [0.2, 0.25) is 5.02 Å². The summed E-state index contributed by atoms with van der Waals surface area (Å²) in [4.78, 5) is 16.4. The molecule has 1 heterocycles. The topological polar surface area (TPSA) is 46.0 Å². The van der Waals surface area contributed by atoms with E-state index in [0.29, 0.717) is 10.8 Å². The van der Waals surface area contributed by atoms with Gasteiger partial charge in [0.05, 0.1) is 44.1 Å². The molecule has 0 atom stereocenters. The predicted molar refractivity (Wildman–Crippen MR) is 110 cm³/mol. The van der Waals surface area contributed by atoms with Gasteiger partial charge in [0, 0.05) is 5.02 Å². The number of nitrogens with zero attached hydrogens (tertiary/aromatic N) is 1. The molecular weight excluding hydrogens is 362 g/mol. The number of carbonyl (C=O) groups excluding carboxylic acids is 1. The zero-order valence-corrected chi connectivity index (χ0v) is 16.7. The summed E-state index contributed by atoms with van der Waals surface area (Å²) in [6, 6.07) is 13.3. The van der Waals surface area contributed by atoms with Gasteiger partial charge >= 0.3 is 0 Å². The number of aryl methyl sites for hydroxylation is 1. The molecule has 5 nitrogen and oxygen atoms in total. The molecule has 0 aliphatic carbocycles. The summed E-state index contributed by atoms with van der Waals surface area (Å²) in [5.74, 6) is 0.496. The van der Waals surface area contributed by atoms with E-state index in [0.717, 1.165) is 49.7 Å². The number of quaternary nitrogens is 1. The summed E-state index contributed by atoms with van der Waals surface area (Å²) in [5, 5.41) is 3.65. The Morgan fingerprint density at radius 1 is 1.22 bits per heavy atom. The van der Waals surface area contributed by atoms with Gasteiger partial charge in [-0.1, -0.05) is 23.7 Å². The van der Waals surface area contributed by atoms with Crippen LogP contribution in [-0.2, 0) is 4.79 Å². The molecule has 2 N–H and O–H groups in total. The second-order valence-corrected chi connectivity index (χ2v) is 7.29. The van der Waals surface area contributed by atoms with E-state index in [1.807, 2.05) is 31.2 Å². The lowest BCUT2D eigenvalue weighted by atomic mass is 10.2. The molecule has 144 valence electrons. The molecule has 0 saturated carbocycles. The number of hydrogen-bond acceptors (Lipinski definition) is 3. The molecule has 1 aliphatic rings. The highest BCUT2D eigenvalue weighted by atomic mass is 35.5. The number of nitrogens with one attached hydrogen (secondary N) is 2. The van der Waals surface area contributed by atoms with Crippen LogP contribution >= 0.6 is 11.6 Å². The van der Waals surface area contributed by atoms with Crippen LogP contribution in [0.1, 0.15) is 12.5 Å². The molecule has 6 heteroatoms. The molecule has 1 saturated heterocycles. The van der Waals surface area contributed by atoms with Crippen molar-refractivity contribution in [3.8, 4) is 5.75 Å². The van der Waals surface area contributed by atoms with Gasteiger partial charge in [0.25, 0.3) is 5.91 Å². The number of piperazine rings is 1. The van der Waals surface area contributed by atoms with Gasteiger partial charge in [-0.05, 0) is 49.7 Å². The molecule has 3 rings (SSSR count). The van der Waals surface area contributed by atoms with Gasteiger partial charge in [0.1, 0.15) is 5.75 Å². The number of carbonyl (C=O) groups is 1. The first-order chi connectivity index (χ1) is 13.1. The number of para-hydroxylation sites is 2. The molecule has 0 aromatic heterocycles. The molecule has 2 aromatic rings. The normalized spacial score (nSPS) is 14.9. The number of benzene rings is 2. The van der Waals surface area contributed by atoms with Gasteiger partial charge in [0.2, 0.25) is 0 Å². The Hall–Kier alpha value is -2.24. The zero-order valence-electron chi connectivity index (χ0n) is 15.9. The first-order valence-electron chi connectivity index (χ1n) is 9.43. The fraction of sp³-hybridized carbons (Fsp3) is 0.381. The third-order valence-corrected chi connectivity index (χ3v) is 5.22. The second kappa shape index (κ2) is 9.11. The van der Waals surface area contributed by atoms with Crippen molar-refractivity contribution >= 4 is 28.9 Å². The Labute approximate surface area is 165 Å². The molecule has 0 spiro atoms. The minimum Gasteiger partial charge on any atom is -0.483 e. The van der Waals surface area contributed by atoms with E-state index in [2.05, 4.69) is 23.2 Å². The highest BCUT2D eigenvalue weighted by Gasteiger charge is 2.21. The monoisotopic (exact) mass is 388 g/mol. The Morgan fingerprint density at radius 2 is 1.96 bits per heavy atom. The molecule has 1 aliphatic heterocycles. The van der Waals surface area contributed by atoms with Gasteiger partial charge in [-0.2, -0.15) is 0 Å². The van der Waals surface area contributed by atoms with Gasteiger partial charge in [0.15, 0.2) is 6.61 Å². The number of hydrogen-bond donors (Lipinski definition) is 2. The largest absolute Gasteiger partial charge is 0.483 e. The van der Waals surface area contributed by atoms with Crippen molar-refractivity contribution in [3.05, 3.63) is 53.1 Å². The third-order valence-electron chi connectivity index (χ3n) is 4.99. The number of rotatable bonds is 6. The standard InChI is InChI=1S/C21H26ClN3O2/c1-3-24-10-12-25(13-11-24)19-7-5-4-6-18(19)23-21(26)15-27-20-9-8-17(22)14-16(20)2/h4-9,14H,3,10-13,15H2,1-2H3,(H,23,26)/p+1. The van der Waals surface area contributed by atoms with E-state index in [-0.39, 0.29) is 12.5 Å². The van der Waals surface area contributed by atoms with Crippen molar-refractivity contribution in [2.75, 3.05) is 49.5 Å². The number of ether oxygens (including phenoxy) is 1. The zero-order chi connectivity index (χ0) is 19.2. The summed E-state index contributed by atoms with van der Waals surface area (Å²) < 4.78 is 5.65. The summed E-state index contributed by atoms with van der Waals surface area (Å²) >= 11 is 5.96. The molecule has 1 fully saturated rings. The van der Waals surface area contributed by atoms with Crippen molar-refractivity contribution in [1.29, 1.82) is 0 Å². The number of likely N-dealkylation sites (N-methyl/N-ethyl adjacent to an activating group) is 1. The predicted octanol–water partition coefficient (Wildman–Crippen LogP) is 2.39. The highest BCUT2D eigenvalue weighted by molar-refractivity contribution is 6.30. The van der Waals surface area contributed by atoms with Crippen LogP contribution in [-0.4, -0.2) is 45.2 Å². The quantitative estimate of drug-likeness (QED) is 0.798. The van der Waals surface area contributed by atoms with Crippen LogP contribution < -0.4 is 19.9 Å². The third kappa shape index (κ3) is 5.15. The first-order valence-corrected chi connectivity index (χ1v) is 9.81. The molecule has 2 aromatic carbocycles. The number of halogens is 1. The summed E-state index contributed by atoms with van der Waals surface area (Å²) in [7, 11) is 0. The van der Waals surface area contributed by atoms with Crippen molar-refractivity contribution in [2.45, 2.75) is 13.8 Å². The van der Waals surface area contributed by atoms with Crippen LogP contribution in [0.25, 0.3) is 0 Å². The van der Waals surface area contributed by atoms with E-state index in [4.69, 9.17) is 16.3 Å². The molecule has 0 radical (unpaired) electrons. The summed E-state index contributed by atoms with van der Waals surface area (Å²) in [5.41, 5.74) is 2.81. The van der Waals surface area contributed by atoms with Crippen LogP contribution in [0.4, 0.5) is 11.4 Å². The van der Waals surface area contributed by atoms with Crippen molar-refractivity contribution in [3.63, 3.8) is 0 Å². The Balaban J connectivity index is 1.61. The van der Waals surface area contributed by atoms with E-state index in [1.54, 1.807) is 17.0 Å². The van der Waals surface area contributed by atoms with Gasteiger partial charge in [-0.25, -0.2) is 0 Å². The average Bonchev–Trinajstić information content (AvgIpc) is 2.68. The Kier molecular flexibility index (Phi) is 6.58. The van der Waals surface area contributed by atoms with Gasteiger partial charge in [-0.15, -0.1) is 0 Å². The van der Waals surface area contributed by atoms with Crippen LogP contribution in [0.5, 0.6) is 5.75 Å². The SMILES string of the molecule is CC[NH+]1CCN(c2ccccc2NC(=O)COc2ccc(Cl)cc2C)CC1. The van der Waals surface area contributed by atoms with Crippen LogP contribution in [0.15, 0.2) is 42.5 Å². The van der Waals surface area contributed by atoms with Crippen LogP contribution in [0, 0.1) is 6.92 Å². The van der Waals surface area contributed by atoms with Gasteiger partial charge < -0.3 is 19.9 Å². The minimum absolute atomic E-state index is 0.0371. The van der Waals surface area contributed by atoms with Crippen LogP contribution in [0.3, 0.4) is 0 Å². The van der Waals surface area contributed by atoms with Gasteiger partial charge in [-0.3, -0.25) is 4.79 Å². The smallest absolute Gasteiger partial charge is 0.262 e. The lowest BCUT2D eigenvalue weighted by Crippen LogP contribution is -3.14. The Bertz CT molecular complexity index is 789. The maximum absolute atomic E-state index is 12.4. The lowest BCUT2D eigenvalue weighted by molar-refractivity contribution is -0.898. The number of anilines is 2. The summed E-state index contributed by atoms with van der Waals surface area (Å²) in [6.45, 7) is 9.49. The maximum Gasteiger partial charge on any atom is 0.262 e. The van der Waals surface area contributed by atoms with Crippen molar-refractivity contribution in [2.24, 2.45) is 0 Å². The second-order valence-electron chi connectivity index (χ2n) is 6.85. The first kappa shape index (κ1) is 19.5. The molecular formula is C21H27ClN3O2+. The Morgan fingerprint density at radius 3 is 2.67 bits per heavy atom. The minimum atomic E-state index is -0.172. The van der Waals surface area contributed by atoms with E-state index in [1.165, 1.54) is 0 Å². The highest BCUT2D eigenvalue weighted by Crippen LogP contribution is 2.26. The fourth-order valence-corrected chi connectivity index (χ4v) is 3.60. The molecule has 0 bridgehead atoms. The number of amides is 1. The fourth-order valence-electron chi connectivity index (χ4n) is 3.38. The summed E-state index contributed by atoms with van der Waals surface area (Å²) in [6.07, 6.45) is 0. The van der Waals surface area contributed by atoms with Crippen molar-refractivity contribution < 1.29 is 14.4 Å². The molecule has 1 amide bonds. The maximum atomic E-state index is 12.4. The van der Waals surface area contributed by atoms with E-state index in [9.17, 15) is 4.79 Å². The average molecular weight is 389 g/mol. The van der Waals surface area contributed by atoms with Crippen molar-refractivity contribution in [1.82, 2.24) is 0 Å². The molecule has 27 heavy (non-hydrogen) atoms. The lowest BCUT2D eigenvalue weighted by Gasteiger charge is -2.34. The van der Waals surface area contributed by atoms with E-state index < -0.39 is 0 Å². The van der Waals surface area contributed by atoms with E-state index >= 15 is 0 Å².